The lowest BCUT2D eigenvalue weighted by Crippen LogP contribution is -1.84. The fourth-order valence-corrected chi connectivity index (χ4v) is 0.250. The lowest BCUT2D eigenvalue weighted by atomic mass is 11.4. The fourth-order valence-electron chi connectivity index (χ4n) is 0.0833. The molecule has 0 aliphatic rings. The molecule has 1 nitrogen and oxygen atoms in total. The maximum absolute atomic E-state index is 4.83. The highest BCUT2D eigenvalue weighted by molar-refractivity contribution is 6.38. The van der Waals surface area contributed by atoms with E-state index in [4.69, 9.17) is 6.42 Å². The van der Waals surface area contributed by atoms with Gasteiger partial charge < -0.3 is 4.43 Å². The standard InChI is InChI=1S/C3H6OSi/c1-3-5-4-2/h1H,5H2,2H3. The van der Waals surface area contributed by atoms with Gasteiger partial charge in [-0.25, -0.2) is 0 Å². The summed E-state index contributed by atoms with van der Waals surface area (Å²) in [4.78, 5) is 0. The zero-order valence-corrected chi connectivity index (χ0v) is 4.61. The van der Waals surface area contributed by atoms with Gasteiger partial charge in [0, 0.05) is 7.11 Å². The number of rotatable bonds is 1. The smallest absolute Gasteiger partial charge is 0.239 e. The topological polar surface area (TPSA) is 9.23 Å². The second kappa shape index (κ2) is 3.74. The third kappa shape index (κ3) is 3.74. The van der Waals surface area contributed by atoms with Crippen LogP contribution in [-0.2, 0) is 4.43 Å². The highest BCUT2D eigenvalue weighted by Gasteiger charge is 1.61. The molecule has 0 unspecified atom stereocenters. The van der Waals surface area contributed by atoms with Crippen LogP contribution in [0, 0.1) is 12.0 Å². The Morgan fingerprint density at radius 2 is 2.60 bits per heavy atom. The normalized spacial score (nSPS) is 8.80. The quantitative estimate of drug-likeness (QED) is 0.303. The van der Waals surface area contributed by atoms with E-state index in [0.29, 0.717) is 0 Å². The van der Waals surface area contributed by atoms with Crippen LogP contribution in [0.4, 0.5) is 0 Å². The minimum absolute atomic E-state index is 0.540. The average Bonchev–Trinajstić information content (AvgIpc) is 1.41. The van der Waals surface area contributed by atoms with Crippen molar-refractivity contribution in [3.8, 4) is 12.0 Å². The van der Waals surface area contributed by atoms with E-state index < -0.39 is 9.76 Å². The van der Waals surface area contributed by atoms with Gasteiger partial charge in [-0.15, -0.1) is 12.0 Å². The molecule has 0 heterocycles. The fraction of sp³-hybridized carbons (Fsp3) is 0.333. The minimum atomic E-state index is -0.540. The second-order valence-corrected chi connectivity index (χ2v) is 1.91. The van der Waals surface area contributed by atoms with E-state index in [1.807, 2.05) is 0 Å². The molecule has 0 aliphatic carbocycles. The van der Waals surface area contributed by atoms with Gasteiger partial charge in [-0.3, -0.25) is 0 Å². The Bertz CT molecular complexity index is 45.3. The van der Waals surface area contributed by atoms with Crippen LogP contribution in [0.2, 0.25) is 0 Å². The van der Waals surface area contributed by atoms with Crippen LogP contribution in [0.3, 0.4) is 0 Å². The van der Waals surface area contributed by atoms with Crippen molar-refractivity contribution < 1.29 is 4.43 Å². The van der Waals surface area contributed by atoms with E-state index in [2.05, 4.69) is 9.97 Å². The molecule has 0 bridgehead atoms. The van der Waals surface area contributed by atoms with E-state index in [1.165, 1.54) is 0 Å². The van der Waals surface area contributed by atoms with E-state index >= 15 is 0 Å². The Kier molecular flexibility index (Phi) is 3.54. The summed E-state index contributed by atoms with van der Waals surface area (Å²) in [5.41, 5.74) is 2.43. The lowest BCUT2D eigenvalue weighted by Gasteiger charge is -1.75. The molecular formula is C3H6OSi. The van der Waals surface area contributed by atoms with Crippen molar-refractivity contribution in [3.05, 3.63) is 0 Å². The predicted molar refractivity (Wildman–Crippen MR) is 24.4 cm³/mol. The summed E-state index contributed by atoms with van der Waals surface area (Å²) in [6.45, 7) is 0. The Balaban J connectivity index is 2.48. The molecule has 0 radical (unpaired) electrons. The van der Waals surface area contributed by atoms with E-state index in [-0.39, 0.29) is 0 Å². The van der Waals surface area contributed by atoms with Gasteiger partial charge in [0.15, 0.2) is 0 Å². The molecular weight excluding hydrogens is 80.1 g/mol. The zero-order valence-electron chi connectivity index (χ0n) is 3.19. The Morgan fingerprint density at radius 3 is 2.60 bits per heavy atom. The maximum Gasteiger partial charge on any atom is 0.239 e. The molecule has 0 saturated carbocycles. The van der Waals surface area contributed by atoms with Crippen LogP contribution in [0.25, 0.3) is 0 Å². The minimum Gasteiger partial charge on any atom is -0.414 e. The van der Waals surface area contributed by atoms with E-state index in [9.17, 15) is 0 Å². The van der Waals surface area contributed by atoms with E-state index in [0.717, 1.165) is 0 Å². The van der Waals surface area contributed by atoms with Crippen molar-refractivity contribution >= 4 is 9.76 Å². The van der Waals surface area contributed by atoms with Crippen molar-refractivity contribution in [1.82, 2.24) is 0 Å². The first-order valence-electron chi connectivity index (χ1n) is 1.34. The molecule has 0 atom stereocenters. The molecule has 28 valence electrons. The monoisotopic (exact) mass is 86.0 g/mol. The Morgan fingerprint density at radius 1 is 2.00 bits per heavy atom. The van der Waals surface area contributed by atoms with Crippen molar-refractivity contribution in [3.63, 3.8) is 0 Å². The molecule has 0 N–H and O–H groups in total. The van der Waals surface area contributed by atoms with Crippen molar-refractivity contribution in [2.45, 2.75) is 0 Å². The van der Waals surface area contributed by atoms with Crippen LogP contribution in [-0.4, -0.2) is 16.9 Å². The molecule has 0 aliphatic heterocycles. The summed E-state index contributed by atoms with van der Waals surface area (Å²) in [5.74, 6) is 0. The van der Waals surface area contributed by atoms with Crippen LogP contribution in [0.5, 0.6) is 0 Å². The van der Waals surface area contributed by atoms with Crippen molar-refractivity contribution in [2.24, 2.45) is 0 Å². The van der Waals surface area contributed by atoms with Crippen LogP contribution in [0.15, 0.2) is 0 Å². The zero-order chi connectivity index (χ0) is 4.12. The summed E-state index contributed by atoms with van der Waals surface area (Å²) < 4.78 is 4.59. The average molecular weight is 86.2 g/mol. The molecule has 0 aromatic rings. The van der Waals surface area contributed by atoms with Gasteiger partial charge in [0.05, 0.1) is 0 Å². The Labute approximate surface area is 34.3 Å². The number of hydrogen-bond acceptors (Lipinski definition) is 1. The van der Waals surface area contributed by atoms with Gasteiger partial charge in [0.25, 0.3) is 0 Å². The third-order valence-electron chi connectivity index (χ3n) is 0.228. The van der Waals surface area contributed by atoms with Crippen LogP contribution < -0.4 is 0 Å². The molecule has 0 rings (SSSR count). The van der Waals surface area contributed by atoms with Gasteiger partial charge in [0.2, 0.25) is 9.76 Å². The highest BCUT2D eigenvalue weighted by Crippen LogP contribution is 1.48. The predicted octanol–water partition coefficient (Wildman–Crippen LogP) is -0.693. The van der Waals surface area contributed by atoms with Gasteiger partial charge >= 0.3 is 0 Å². The van der Waals surface area contributed by atoms with Crippen molar-refractivity contribution in [1.29, 1.82) is 0 Å². The molecule has 2 heteroatoms. The van der Waals surface area contributed by atoms with Crippen LogP contribution >= 0.6 is 0 Å². The molecule has 0 aromatic carbocycles. The summed E-state index contributed by atoms with van der Waals surface area (Å²) in [5, 5.41) is 0. The van der Waals surface area contributed by atoms with E-state index in [1.54, 1.807) is 7.11 Å². The number of terminal acetylenes is 1. The van der Waals surface area contributed by atoms with Crippen LogP contribution in [0.1, 0.15) is 0 Å². The third-order valence-corrected chi connectivity index (χ3v) is 0.683. The lowest BCUT2D eigenvalue weighted by molar-refractivity contribution is 0.451. The van der Waals surface area contributed by atoms with Gasteiger partial charge in [-0.05, 0) is 0 Å². The van der Waals surface area contributed by atoms with Gasteiger partial charge in [0.1, 0.15) is 0 Å². The summed E-state index contributed by atoms with van der Waals surface area (Å²) in [7, 11) is 1.09. The first-order chi connectivity index (χ1) is 2.41. The largest absolute Gasteiger partial charge is 0.414 e. The molecule has 0 amide bonds. The van der Waals surface area contributed by atoms with Crippen molar-refractivity contribution in [2.75, 3.05) is 7.11 Å². The number of hydrogen-bond donors (Lipinski definition) is 0. The Hall–Kier alpha value is -0.263. The first-order valence-corrected chi connectivity index (χ1v) is 2.62. The molecule has 0 fully saturated rings. The molecule has 0 saturated heterocycles. The van der Waals surface area contributed by atoms with Gasteiger partial charge in [-0.2, -0.15) is 0 Å². The first kappa shape index (κ1) is 4.74. The summed E-state index contributed by atoms with van der Waals surface area (Å²) in [6.07, 6.45) is 4.83. The SMILES string of the molecule is C#C[SiH2]OC. The highest BCUT2D eigenvalue weighted by atomic mass is 28.2. The summed E-state index contributed by atoms with van der Waals surface area (Å²) >= 11 is 0. The molecule has 0 aromatic heterocycles. The molecule has 0 spiro atoms. The maximum atomic E-state index is 4.83. The molecule has 5 heavy (non-hydrogen) atoms. The second-order valence-electron chi connectivity index (χ2n) is 0.637. The summed E-state index contributed by atoms with van der Waals surface area (Å²) in [6, 6.07) is 0. The van der Waals surface area contributed by atoms with Gasteiger partial charge in [-0.1, -0.05) is 0 Å².